The van der Waals surface area contributed by atoms with Gasteiger partial charge in [-0.25, -0.2) is 0 Å². The maximum absolute atomic E-state index is 12.5. The topological polar surface area (TPSA) is 50.8 Å². The second-order valence-electron chi connectivity index (χ2n) is 6.69. The molecule has 1 atom stereocenters. The van der Waals surface area contributed by atoms with Crippen molar-refractivity contribution in [1.29, 1.82) is 0 Å². The standard InChI is InChI=1S/C21H25ClN2O3/c1-16-5-7-17(8-6-16)20(14-24-9-11-26-12-10-24)23-21(25)15-27-19-4-2-3-18(22)13-19/h2-8,13,20H,9-12,14-15H2,1H3,(H,23,25)/t20-/m1/s1. The number of nitrogens with one attached hydrogen (secondary N) is 1. The van der Waals surface area contributed by atoms with Crippen LogP contribution in [0.15, 0.2) is 48.5 Å². The summed E-state index contributed by atoms with van der Waals surface area (Å²) in [6.45, 7) is 5.95. The van der Waals surface area contributed by atoms with E-state index in [0.717, 1.165) is 38.4 Å². The number of carbonyl (C=O) groups excluding carboxylic acids is 1. The molecule has 1 amide bonds. The number of rotatable bonds is 7. The van der Waals surface area contributed by atoms with Crippen LogP contribution in [0.5, 0.6) is 5.75 Å². The predicted octanol–water partition coefficient (Wildman–Crippen LogP) is 3.22. The summed E-state index contributed by atoms with van der Waals surface area (Å²) in [6.07, 6.45) is 0. The summed E-state index contributed by atoms with van der Waals surface area (Å²) < 4.78 is 11.0. The molecule has 1 aliphatic rings. The average Bonchev–Trinajstić information content (AvgIpc) is 2.67. The Morgan fingerprint density at radius 1 is 1.22 bits per heavy atom. The maximum Gasteiger partial charge on any atom is 0.258 e. The number of hydrogen-bond acceptors (Lipinski definition) is 4. The van der Waals surface area contributed by atoms with E-state index in [4.69, 9.17) is 21.1 Å². The van der Waals surface area contributed by atoms with Crippen molar-refractivity contribution in [3.8, 4) is 5.75 Å². The van der Waals surface area contributed by atoms with Gasteiger partial charge in [0, 0.05) is 24.7 Å². The van der Waals surface area contributed by atoms with E-state index in [0.29, 0.717) is 10.8 Å². The van der Waals surface area contributed by atoms with Gasteiger partial charge in [-0.1, -0.05) is 47.5 Å². The lowest BCUT2D eigenvalue weighted by Gasteiger charge is -2.31. The molecule has 27 heavy (non-hydrogen) atoms. The highest BCUT2D eigenvalue weighted by Crippen LogP contribution is 2.18. The van der Waals surface area contributed by atoms with Gasteiger partial charge in [-0.2, -0.15) is 0 Å². The molecular weight excluding hydrogens is 364 g/mol. The molecule has 0 radical (unpaired) electrons. The van der Waals surface area contributed by atoms with Crippen LogP contribution in [0.3, 0.4) is 0 Å². The molecule has 0 saturated carbocycles. The molecule has 0 aliphatic carbocycles. The number of nitrogens with zero attached hydrogens (tertiary/aromatic N) is 1. The zero-order chi connectivity index (χ0) is 19.1. The van der Waals surface area contributed by atoms with Crippen molar-refractivity contribution >= 4 is 17.5 Å². The fourth-order valence-corrected chi connectivity index (χ4v) is 3.20. The van der Waals surface area contributed by atoms with Gasteiger partial charge in [0.05, 0.1) is 19.3 Å². The molecule has 0 bridgehead atoms. The molecule has 1 heterocycles. The van der Waals surface area contributed by atoms with Gasteiger partial charge < -0.3 is 14.8 Å². The normalized spacial score (nSPS) is 15.9. The number of aryl methyl sites for hydroxylation is 1. The van der Waals surface area contributed by atoms with Gasteiger partial charge in [-0.3, -0.25) is 9.69 Å². The van der Waals surface area contributed by atoms with E-state index in [2.05, 4.69) is 41.4 Å². The maximum atomic E-state index is 12.5. The molecule has 3 rings (SSSR count). The molecule has 1 saturated heterocycles. The van der Waals surface area contributed by atoms with Gasteiger partial charge in [0.1, 0.15) is 5.75 Å². The Morgan fingerprint density at radius 3 is 2.67 bits per heavy atom. The van der Waals surface area contributed by atoms with Crippen LogP contribution in [0.25, 0.3) is 0 Å². The first-order valence-corrected chi connectivity index (χ1v) is 9.52. The summed E-state index contributed by atoms with van der Waals surface area (Å²) in [7, 11) is 0. The summed E-state index contributed by atoms with van der Waals surface area (Å²) in [5.74, 6) is 0.423. The van der Waals surface area contributed by atoms with Gasteiger partial charge in [0.2, 0.25) is 0 Å². The van der Waals surface area contributed by atoms with Gasteiger partial charge >= 0.3 is 0 Å². The molecule has 5 nitrogen and oxygen atoms in total. The fraction of sp³-hybridized carbons (Fsp3) is 0.381. The summed E-state index contributed by atoms with van der Waals surface area (Å²) >= 11 is 5.95. The predicted molar refractivity (Wildman–Crippen MR) is 106 cm³/mol. The Kier molecular flexibility index (Phi) is 7.10. The molecular formula is C21H25ClN2O3. The Labute approximate surface area is 165 Å². The lowest BCUT2D eigenvalue weighted by molar-refractivity contribution is -0.124. The van der Waals surface area contributed by atoms with E-state index in [9.17, 15) is 4.79 Å². The van der Waals surface area contributed by atoms with Crippen LogP contribution in [0, 0.1) is 6.92 Å². The van der Waals surface area contributed by atoms with Crippen LogP contribution in [-0.4, -0.2) is 50.3 Å². The van der Waals surface area contributed by atoms with Gasteiger partial charge in [-0.15, -0.1) is 0 Å². The summed E-state index contributed by atoms with van der Waals surface area (Å²) in [5.41, 5.74) is 2.28. The largest absolute Gasteiger partial charge is 0.484 e. The second kappa shape index (κ2) is 9.74. The van der Waals surface area contributed by atoms with Crippen LogP contribution in [-0.2, 0) is 9.53 Å². The van der Waals surface area contributed by atoms with Crippen LogP contribution in [0.2, 0.25) is 5.02 Å². The highest BCUT2D eigenvalue weighted by molar-refractivity contribution is 6.30. The molecule has 0 aromatic heterocycles. The third-order valence-corrected chi connectivity index (χ3v) is 4.76. The number of benzene rings is 2. The van der Waals surface area contributed by atoms with Crippen molar-refractivity contribution in [2.75, 3.05) is 39.5 Å². The van der Waals surface area contributed by atoms with Crippen molar-refractivity contribution in [1.82, 2.24) is 10.2 Å². The second-order valence-corrected chi connectivity index (χ2v) is 7.13. The van der Waals surface area contributed by atoms with E-state index in [1.807, 2.05) is 0 Å². The monoisotopic (exact) mass is 388 g/mol. The lowest BCUT2D eigenvalue weighted by atomic mass is 10.0. The van der Waals surface area contributed by atoms with Gasteiger partial charge in [-0.05, 0) is 30.7 Å². The zero-order valence-electron chi connectivity index (χ0n) is 15.5. The molecule has 1 aliphatic heterocycles. The highest BCUT2D eigenvalue weighted by Gasteiger charge is 2.20. The minimum atomic E-state index is -0.159. The minimum absolute atomic E-state index is 0.0498. The molecule has 6 heteroatoms. The SMILES string of the molecule is Cc1ccc([C@@H](CN2CCOCC2)NC(=O)COc2cccc(Cl)c2)cc1. The average molecular weight is 389 g/mol. The summed E-state index contributed by atoms with van der Waals surface area (Å²) in [6, 6.07) is 15.2. The summed E-state index contributed by atoms with van der Waals surface area (Å²) in [5, 5.41) is 3.69. The number of ether oxygens (including phenoxy) is 2. The van der Waals surface area contributed by atoms with Gasteiger partial charge in [0.25, 0.3) is 5.91 Å². The van der Waals surface area contributed by atoms with Crippen LogP contribution in [0.1, 0.15) is 17.2 Å². The molecule has 0 unspecified atom stereocenters. The van der Waals surface area contributed by atoms with Crippen molar-refractivity contribution in [2.45, 2.75) is 13.0 Å². The molecule has 0 spiro atoms. The van der Waals surface area contributed by atoms with Gasteiger partial charge in [0.15, 0.2) is 6.61 Å². The van der Waals surface area contributed by atoms with Crippen molar-refractivity contribution < 1.29 is 14.3 Å². The third-order valence-electron chi connectivity index (χ3n) is 4.53. The quantitative estimate of drug-likeness (QED) is 0.791. The molecule has 2 aromatic carbocycles. The number of hydrogen-bond donors (Lipinski definition) is 1. The molecule has 1 N–H and O–H groups in total. The van der Waals surface area contributed by atoms with Crippen molar-refractivity contribution in [3.05, 3.63) is 64.7 Å². The zero-order valence-corrected chi connectivity index (χ0v) is 16.2. The van der Waals surface area contributed by atoms with E-state index in [1.54, 1.807) is 24.3 Å². The number of halogens is 1. The Morgan fingerprint density at radius 2 is 1.96 bits per heavy atom. The van der Waals surface area contributed by atoms with Crippen LogP contribution >= 0.6 is 11.6 Å². The Hall–Kier alpha value is -2.08. The molecule has 2 aromatic rings. The molecule has 1 fully saturated rings. The smallest absolute Gasteiger partial charge is 0.258 e. The number of morpholine rings is 1. The number of carbonyl (C=O) groups is 1. The first-order valence-electron chi connectivity index (χ1n) is 9.14. The Bertz CT molecular complexity index is 745. The molecule has 144 valence electrons. The third kappa shape index (κ3) is 6.24. The van der Waals surface area contributed by atoms with E-state index >= 15 is 0 Å². The fourth-order valence-electron chi connectivity index (χ4n) is 3.02. The first kappa shape index (κ1) is 19.7. The van der Waals surface area contributed by atoms with Crippen LogP contribution in [0.4, 0.5) is 0 Å². The highest BCUT2D eigenvalue weighted by atomic mass is 35.5. The van der Waals surface area contributed by atoms with Crippen LogP contribution < -0.4 is 10.1 Å². The van der Waals surface area contributed by atoms with Crippen molar-refractivity contribution in [2.24, 2.45) is 0 Å². The van der Waals surface area contributed by atoms with Crippen molar-refractivity contribution in [3.63, 3.8) is 0 Å². The Balaban J connectivity index is 1.62. The number of amides is 1. The van der Waals surface area contributed by atoms with E-state index < -0.39 is 0 Å². The lowest BCUT2D eigenvalue weighted by Crippen LogP contribution is -2.44. The van der Waals surface area contributed by atoms with E-state index in [1.165, 1.54) is 5.56 Å². The van der Waals surface area contributed by atoms with E-state index in [-0.39, 0.29) is 18.6 Å². The summed E-state index contributed by atoms with van der Waals surface area (Å²) in [4.78, 5) is 14.8. The first-order chi connectivity index (χ1) is 13.1. The minimum Gasteiger partial charge on any atom is -0.484 e.